The molecule has 4 N–H and O–H groups in total. The van der Waals surface area contributed by atoms with Crippen molar-refractivity contribution in [2.24, 2.45) is 16.8 Å². The maximum Gasteiger partial charge on any atom is 0.405 e. The molecule has 160 valence electrons. The van der Waals surface area contributed by atoms with Gasteiger partial charge >= 0.3 is 6.18 Å². The van der Waals surface area contributed by atoms with E-state index in [1.165, 1.54) is 0 Å². The van der Waals surface area contributed by atoms with E-state index in [1.807, 2.05) is 6.92 Å². The molecule has 0 aromatic heterocycles. The first-order valence-corrected chi connectivity index (χ1v) is 10.1. The van der Waals surface area contributed by atoms with Crippen LogP contribution in [-0.4, -0.2) is 42.5 Å². The molecule has 0 radical (unpaired) electrons. The Hall–Kier alpha value is -1.42. The highest BCUT2D eigenvalue weighted by atomic mass is 19.4. The predicted molar refractivity (Wildman–Crippen MR) is 96.9 cm³/mol. The van der Waals surface area contributed by atoms with Crippen LogP contribution in [0.4, 0.5) is 17.6 Å². The van der Waals surface area contributed by atoms with E-state index in [4.69, 9.17) is 0 Å². The highest BCUT2D eigenvalue weighted by molar-refractivity contribution is 5.98. The summed E-state index contributed by atoms with van der Waals surface area (Å²) in [5.74, 6) is -0.647. The second kappa shape index (κ2) is 8.94. The maximum absolute atomic E-state index is 14.0. The number of carbonyl (C=O) groups is 1. The zero-order valence-corrected chi connectivity index (χ0v) is 16.0. The number of aliphatic imine (C=N–C) groups is 1. The van der Waals surface area contributed by atoms with Crippen LogP contribution in [0.25, 0.3) is 0 Å². The summed E-state index contributed by atoms with van der Waals surface area (Å²) in [7, 11) is 0. The van der Waals surface area contributed by atoms with Crippen LogP contribution in [0.2, 0.25) is 0 Å². The molecule has 0 spiro atoms. The van der Waals surface area contributed by atoms with E-state index in [0.717, 1.165) is 25.7 Å². The fraction of sp³-hybridized carbons (Fsp3) is 0.889. The molecular weight excluding hydrogens is 378 g/mol. The minimum Gasteiger partial charge on any atom is -0.353 e. The van der Waals surface area contributed by atoms with Crippen molar-refractivity contribution in [1.29, 1.82) is 0 Å². The van der Waals surface area contributed by atoms with Crippen molar-refractivity contribution >= 4 is 11.9 Å². The molecule has 1 heterocycles. The van der Waals surface area contributed by atoms with Gasteiger partial charge in [0, 0.05) is 18.4 Å². The second-order valence-electron chi connectivity index (χ2n) is 8.23. The Morgan fingerprint density at radius 3 is 2.39 bits per heavy atom. The van der Waals surface area contributed by atoms with Gasteiger partial charge in [0.1, 0.15) is 18.4 Å². The van der Waals surface area contributed by atoms with Crippen LogP contribution in [0.1, 0.15) is 58.3 Å². The van der Waals surface area contributed by atoms with Gasteiger partial charge in [0.25, 0.3) is 0 Å². The van der Waals surface area contributed by atoms with Crippen molar-refractivity contribution in [2.45, 2.75) is 88.9 Å². The Bertz CT molecular complexity index is 579. The van der Waals surface area contributed by atoms with E-state index in [1.54, 1.807) is 0 Å². The number of nitrogens with zero attached hydrogens (tertiary/aromatic N) is 1. The number of halogens is 4. The quantitative estimate of drug-likeness (QED) is 0.329. The SMILES string of the molecule is CC1CCC(C(=O)N/C(=N\C2CC(C(F)(F)F)NN2)NC2CCCC2)CC1F. The highest BCUT2D eigenvalue weighted by Crippen LogP contribution is 2.31. The molecule has 0 aromatic carbocycles. The van der Waals surface area contributed by atoms with Crippen molar-refractivity contribution in [3.8, 4) is 0 Å². The van der Waals surface area contributed by atoms with Crippen molar-refractivity contribution in [3.05, 3.63) is 0 Å². The topological polar surface area (TPSA) is 77.5 Å². The van der Waals surface area contributed by atoms with Crippen LogP contribution in [0.3, 0.4) is 0 Å². The van der Waals surface area contributed by atoms with Crippen molar-refractivity contribution in [3.63, 3.8) is 0 Å². The number of hydrogen-bond donors (Lipinski definition) is 4. The Morgan fingerprint density at radius 1 is 1.07 bits per heavy atom. The summed E-state index contributed by atoms with van der Waals surface area (Å²) in [4.78, 5) is 16.9. The summed E-state index contributed by atoms with van der Waals surface area (Å²) in [6.07, 6.45) is -1.08. The number of amides is 1. The normalized spacial score (nSPS) is 35.2. The van der Waals surface area contributed by atoms with Crippen molar-refractivity contribution in [1.82, 2.24) is 21.5 Å². The summed E-state index contributed by atoms with van der Waals surface area (Å²) in [5.41, 5.74) is 4.73. The van der Waals surface area contributed by atoms with Crippen LogP contribution < -0.4 is 21.5 Å². The fourth-order valence-electron chi connectivity index (χ4n) is 4.09. The predicted octanol–water partition coefficient (Wildman–Crippen LogP) is 2.52. The van der Waals surface area contributed by atoms with Crippen molar-refractivity contribution in [2.75, 3.05) is 0 Å². The van der Waals surface area contributed by atoms with E-state index in [9.17, 15) is 22.4 Å². The number of carbonyl (C=O) groups excluding carboxylic acids is 1. The molecular formula is C18H29F4N5O. The van der Waals surface area contributed by atoms with Gasteiger partial charge in [0.2, 0.25) is 5.91 Å². The van der Waals surface area contributed by atoms with E-state index in [2.05, 4.69) is 26.5 Å². The molecule has 2 saturated carbocycles. The lowest BCUT2D eigenvalue weighted by Crippen LogP contribution is -2.49. The number of hydrogen-bond acceptors (Lipinski definition) is 4. The molecule has 28 heavy (non-hydrogen) atoms. The summed E-state index contributed by atoms with van der Waals surface area (Å²) >= 11 is 0. The number of rotatable bonds is 3. The van der Waals surface area contributed by atoms with Gasteiger partial charge in [-0.25, -0.2) is 20.2 Å². The smallest absolute Gasteiger partial charge is 0.353 e. The molecule has 0 bridgehead atoms. The number of guanidine groups is 1. The van der Waals surface area contributed by atoms with Gasteiger partial charge in [-0.15, -0.1) is 0 Å². The molecule has 2 aliphatic carbocycles. The van der Waals surface area contributed by atoms with Crippen molar-refractivity contribution < 1.29 is 22.4 Å². The molecule has 6 nitrogen and oxygen atoms in total. The molecule has 0 aromatic rings. The third-order valence-electron chi connectivity index (χ3n) is 5.97. The van der Waals surface area contributed by atoms with E-state index < -0.39 is 30.5 Å². The standard InChI is InChI=1S/C18H29F4N5O/c1-10-6-7-11(8-13(10)19)16(28)25-17(23-12-4-2-3-5-12)24-15-9-14(26-27-15)18(20,21)22/h10-15,26-27H,2-9H2,1H3,(H2,23,24,25,28). The summed E-state index contributed by atoms with van der Waals surface area (Å²) in [6, 6.07) is -1.55. The first kappa shape index (κ1) is 21.3. The molecule has 3 rings (SSSR count). The largest absolute Gasteiger partial charge is 0.405 e. The molecule has 1 saturated heterocycles. The molecule has 5 unspecified atom stereocenters. The molecule has 3 aliphatic rings. The Labute approximate surface area is 162 Å². The minimum absolute atomic E-state index is 0.0538. The number of hydrazine groups is 1. The molecule has 1 amide bonds. The summed E-state index contributed by atoms with van der Waals surface area (Å²) in [5, 5.41) is 5.88. The summed E-state index contributed by atoms with van der Waals surface area (Å²) < 4.78 is 52.5. The van der Waals surface area contributed by atoms with Crippen LogP contribution in [0.5, 0.6) is 0 Å². The molecule has 1 aliphatic heterocycles. The van der Waals surface area contributed by atoms with E-state index in [-0.39, 0.29) is 36.7 Å². The Balaban J connectivity index is 1.64. The highest BCUT2D eigenvalue weighted by Gasteiger charge is 2.44. The third-order valence-corrected chi connectivity index (χ3v) is 5.97. The zero-order valence-electron chi connectivity index (χ0n) is 16.0. The van der Waals surface area contributed by atoms with Gasteiger partial charge < -0.3 is 5.32 Å². The monoisotopic (exact) mass is 407 g/mol. The maximum atomic E-state index is 14.0. The summed E-state index contributed by atoms with van der Waals surface area (Å²) in [6.45, 7) is 1.84. The van der Waals surface area contributed by atoms with Gasteiger partial charge in [-0.1, -0.05) is 19.8 Å². The van der Waals surface area contributed by atoms with Gasteiger partial charge in [-0.05, 0) is 38.0 Å². The van der Waals surface area contributed by atoms with Crippen LogP contribution in [0.15, 0.2) is 4.99 Å². The Morgan fingerprint density at radius 2 is 1.79 bits per heavy atom. The lowest BCUT2D eigenvalue weighted by Gasteiger charge is -2.29. The molecule has 5 atom stereocenters. The molecule has 3 fully saturated rings. The lowest BCUT2D eigenvalue weighted by atomic mass is 9.81. The number of nitrogens with one attached hydrogen (secondary N) is 4. The Kier molecular flexibility index (Phi) is 6.80. The van der Waals surface area contributed by atoms with Gasteiger partial charge in [0.15, 0.2) is 5.96 Å². The number of alkyl halides is 4. The van der Waals surface area contributed by atoms with Crippen LogP contribution in [-0.2, 0) is 4.79 Å². The van der Waals surface area contributed by atoms with Crippen LogP contribution in [0, 0.1) is 11.8 Å². The van der Waals surface area contributed by atoms with Gasteiger partial charge in [-0.2, -0.15) is 13.2 Å². The van der Waals surface area contributed by atoms with Gasteiger partial charge in [0.05, 0.1) is 0 Å². The first-order chi connectivity index (χ1) is 13.2. The van der Waals surface area contributed by atoms with E-state index >= 15 is 0 Å². The van der Waals surface area contributed by atoms with E-state index in [0.29, 0.717) is 12.8 Å². The average Bonchev–Trinajstić information content (AvgIpc) is 3.28. The average molecular weight is 407 g/mol. The zero-order chi connectivity index (χ0) is 20.3. The minimum atomic E-state index is -4.37. The third kappa shape index (κ3) is 5.56. The van der Waals surface area contributed by atoms with Crippen LogP contribution >= 0.6 is 0 Å². The lowest BCUT2D eigenvalue weighted by molar-refractivity contribution is -0.153. The second-order valence-corrected chi connectivity index (χ2v) is 8.23. The molecule has 10 heteroatoms. The fourth-order valence-corrected chi connectivity index (χ4v) is 4.09. The first-order valence-electron chi connectivity index (χ1n) is 10.1. The van der Waals surface area contributed by atoms with Gasteiger partial charge in [-0.3, -0.25) is 10.1 Å².